The molecule has 168 valence electrons. The van der Waals surface area contributed by atoms with Crippen LogP contribution in [-0.2, 0) is 16.6 Å². The lowest BCUT2D eigenvalue weighted by atomic mass is 9.88. The van der Waals surface area contributed by atoms with Crippen LogP contribution in [-0.4, -0.2) is 33.8 Å². The number of hydrogen-bond acceptors (Lipinski definition) is 4. The molecule has 6 rings (SSSR count). The lowest BCUT2D eigenvalue weighted by Crippen LogP contribution is -2.50. The van der Waals surface area contributed by atoms with E-state index < -0.39 is 10.0 Å². The third-order valence-corrected chi connectivity index (χ3v) is 9.03. The first-order valence-electron chi connectivity index (χ1n) is 11.5. The standard InChI is InChI=1S/C26H26N4O2S/c1-18-13-15-20(16-14-18)33(31,32)29-17-25-26(22-10-6-8-19-7-2-3-9-21(19)22)27-28-30(25)24-12-5-4-11-23(24)29/h2-3,6-10,13-16,23-24H,4-5,11-12,17H2,1H3/t23-,24-/m0/s1. The molecule has 0 spiro atoms. The number of rotatable bonds is 3. The van der Waals surface area contributed by atoms with Crippen molar-refractivity contribution >= 4 is 20.8 Å². The number of aromatic nitrogens is 3. The van der Waals surface area contributed by atoms with Gasteiger partial charge in [-0.2, -0.15) is 4.31 Å². The molecule has 2 atom stereocenters. The van der Waals surface area contributed by atoms with Crippen molar-refractivity contribution in [3.8, 4) is 11.3 Å². The van der Waals surface area contributed by atoms with Gasteiger partial charge < -0.3 is 0 Å². The van der Waals surface area contributed by atoms with Crippen molar-refractivity contribution in [2.24, 2.45) is 0 Å². The molecule has 0 amide bonds. The topological polar surface area (TPSA) is 68.1 Å². The molecule has 4 aromatic rings. The van der Waals surface area contributed by atoms with Crippen LogP contribution in [0, 0.1) is 6.92 Å². The SMILES string of the molecule is Cc1ccc(S(=O)(=O)N2Cc3c(-c4cccc5ccccc45)nnn3[C@H]3CCCC[C@@H]32)cc1. The first kappa shape index (κ1) is 20.6. The van der Waals surface area contributed by atoms with E-state index in [2.05, 4.69) is 34.6 Å². The van der Waals surface area contributed by atoms with E-state index in [-0.39, 0.29) is 18.6 Å². The minimum Gasteiger partial charge on any atom is -0.243 e. The predicted molar refractivity (Wildman–Crippen MR) is 128 cm³/mol. The van der Waals surface area contributed by atoms with Crippen molar-refractivity contribution in [2.75, 3.05) is 0 Å². The van der Waals surface area contributed by atoms with Gasteiger partial charge in [0.25, 0.3) is 0 Å². The second-order valence-electron chi connectivity index (χ2n) is 9.14. The van der Waals surface area contributed by atoms with Gasteiger partial charge in [-0.15, -0.1) is 5.10 Å². The molecule has 0 N–H and O–H groups in total. The quantitative estimate of drug-likeness (QED) is 0.429. The number of fused-ring (bicyclic) bond motifs is 4. The van der Waals surface area contributed by atoms with Gasteiger partial charge in [0.2, 0.25) is 10.0 Å². The molecule has 2 aliphatic rings. The highest BCUT2D eigenvalue weighted by Gasteiger charge is 2.44. The number of hydrogen-bond donors (Lipinski definition) is 0. The van der Waals surface area contributed by atoms with Crippen LogP contribution in [0.25, 0.3) is 22.0 Å². The van der Waals surface area contributed by atoms with E-state index in [1.54, 1.807) is 16.4 Å². The zero-order valence-electron chi connectivity index (χ0n) is 18.6. The molecular formula is C26H26N4O2S. The Hall–Kier alpha value is -3.03. The zero-order chi connectivity index (χ0) is 22.6. The van der Waals surface area contributed by atoms with Crippen LogP contribution < -0.4 is 0 Å². The highest BCUT2D eigenvalue weighted by atomic mass is 32.2. The molecule has 2 heterocycles. The van der Waals surface area contributed by atoms with Gasteiger partial charge in [0.1, 0.15) is 5.69 Å². The summed E-state index contributed by atoms with van der Waals surface area (Å²) in [7, 11) is -3.65. The number of aryl methyl sites for hydroxylation is 1. The van der Waals surface area contributed by atoms with Gasteiger partial charge in [0.15, 0.2) is 0 Å². The maximum atomic E-state index is 13.8. The molecule has 1 fully saturated rings. The molecule has 33 heavy (non-hydrogen) atoms. The van der Waals surface area contributed by atoms with Gasteiger partial charge in [0.05, 0.1) is 23.2 Å². The summed E-state index contributed by atoms with van der Waals surface area (Å²) in [5.41, 5.74) is 3.70. The summed E-state index contributed by atoms with van der Waals surface area (Å²) in [6.45, 7) is 2.25. The first-order chi connectivity index (χ1) is 16.0. The number of nitrogens with zero attached hydrogens (tertiary/aromatic N) is 4. The molecule has 1 aromatic heterocycles. The molecule has 1 aliphatic heterocycles. The van der Waals surface area contributed by atoms with Crippen LogP contribution in [0.3, 0.4) is 0 Å². The molecule has 0 saturated heterocycles. The highest BCUT2D eigenvalue weighted by Crippen LogP contribution is 2.42. The summed E-state index contributed by atoms with van der Waals surface area (Å²) >= 11 is 0. The molecule has 0 unspecified atom stereocenters. The Balaban J connectivity index is 1.50. The molecule has 6 nitrogen and oxygen atoms in total. The summed E-state index contributed by atoms with van der Waals surface area (Å²) in [6, 6.07) is 21.5. The molecule has 1 saturated carbocycles. The molecule has 1 aliphatic carbocycles. The fraction of sp³-hybridized carbons (Fsp3) is 0.308. The smallest absolute Gasteiger partial charge is 0.243 e. The third kappa shape index (κ3) is 3.30. The molecular weight excluding hydrogens is 432 g/mol. The zero-order valence-corrected chi connectivity index (χ0v) is 19.4. The third-order valence-electron chi connectivity index (χ3n) is 7.15. The van der Waals surface area contributed by atoms with Crippen LogP contribution in [0.15, 0.2) is 71.6 Å². The Labute approximate surface area is 193 Å². The van der Waals surface area contributed by atoms with Gasteiger partial charge in [-0.25, -0.2) is 13.1 Å². The Bertz CT molecular complexity index is 1440. The lowest BCUT2D eigenvalue weighted by molar-refractivity contribution is 0.131. The van der Waals surface area contributed by atoms with Gasteiger partial charge in [0, 0.05) is 11.6 Å². The first-order valence-corrected chi connectivity index (χ1v) is 13.0. The van der Waals surface area contributed by atoms with Gasteiger partial charge >= 0.3 is 0 Å². The second-order valence-corrected chi connectivity index (χ2v) is 11.0. The maximum Gasteiger partial charge on any atom is 0.243 e. The largest absolute Gasteiger partial charge is 0.243 e. The van der Waals surface area contributed by atoms with Crippen LogP contribution >= 0.6 is 0 Å². The predicted octanol–water partition coefficient (Wildman–Crippen LogP) is 5.09. The van der Waals surface area contributed by atoms with Crippen molar-refractivity contribution in [2.45, 2.75) is 56.1 Å². The van der Waals surface area contributed by atoms with Gasteiger partial charge in [-0.05, 0) is 42.7 Å². The molecule has 0 radical (unpaired) electrons. The summed E-state index contributed by atoms with van der Waals surface area (Å²) < 4.78 is 31.4. The highest BCUT2D eigenvalue weighted by molar-refractivity contribution is 7.89. The van der Waals surface area contributed by atoms with Crippen LogP contribution in [0.1, 0.15) is 43.0 Å². The van der Waals surface area contributed by atoms with Crippen molar-refractivity contribution in [1.82, 2.24) is 19.3 Å². The van der Waals surface area contributed by atoms with Crippen molar-refractivity contribution in [3.05, 3.63) is 78.0 Å². The van der Waals surface area contributed by atoms with Crippen LogP contribution in [0.4, 0.5) is 0 Å². The normalized spacial score (nSPS) is 21.0. The van der Waals surface area contributed by atoms with E-state index in [1.165, 1.54) is 0 Å². The lowest BCUT2D eigenvalue weighted by Gasteiger charge is -2.43. The average molecular weight is 459 g/mol. The summed E-state index contributed by atoms with van der Waals surface area (Å²) in [4.78, 5) is 0.352. The monoisotopic (exact) mass is 458 g/mol. The van der Waals surface area contributed by atoms with Crippen LogP contribution in [0.2, 0.25) is 0 Å². The fourth-order valence-corrected chi connectivity index (χ4v) is 7.10. The summed E-state index contributed by atoms with van der Waals surface area (Å²) in [5.74, 6) is 0. The summed E-state index contributed by atoms with van der Waals surface area (Å²) in [5, 5.41) is 11.4. The van der Waals surface area contributed by atoms with Crippen molar-refractivity contribution in [1.29, 1.82) is 0 Å². The average Bonchev–Trinajstić information content (AvgIpc) is 3.27. The minimum absolute atomic E-state index is 0.0129. The van der Waals surface area contributed by atoms with E-state index in [9.17, 15) is 8.42 Å². The Kier molecular flexibility index (Phi) is 4.85. The maximum absolute atomic E-state index is 13.8. The van der Waals surface area contributed by atoms with E-state index in [1.807, 2.05) is 41.9 Å². The second kappa shape index (κ2) is 7.78. The van der Waals surface area contributed by atoms with Gasteiger partial charge in [-0.1, -0.05) is 78.2 Å². The molecule has 0 bridgehead atoms. The van der Waals surface area contributed by atoms with E-state index in [0.717, 1.165) is 59.0 Å². The Morgan fingerprint density at radius 3 is 2.42 bits per heavy atom. The summed E-state index contributed by atoms with van der Waals surface area (Å²) in [6.07, 6.45) is 3.86. The minimum atomic E-state index is -3.65. The molecule has 3 aromatic carbocycles. The van der Waals surface area contributed by atoms with Crippen molar-refractivity contribution in [3.63, 3.8) is 0 Å². The van der Waals surface area contributed by atoms with E-state index >= 15 is 0 Å². The Morgan fingerprint density at radius 1 is 0.879 bits per heavy atom. The van der Waals surface area contributed by atoms with E-state index in [0.29, 0.717) is 4.90 Å². The number of sulfonamides is 1. The molecule has 7 heteroatoms. The van der Waals surface area contributed by atoms with Gasteiger partial charge in [-0.3, -0.25) is 0 Å². The van der Waals surface area contributed by atoms with Crippen LogP contribution in [0.5, 0.6) is 0 Å². The number of benzene rings is 3. The van der Waals surface area contributed by atoms with Crippen molar-refractivity contribution < 1.29 is 8.42 Å². The van der Waals surface area contributed by atoms with E-state index in [4.69, 9.17) is 0 Å². The Morgan fingerprint density at radius 2 is 1.61 bits per heavy atom. The fourth-order valence-electron chi connectivity index (χ4n) is 5.45.